The van der Waals surface area contributed by atoms with Crippen molar-refractivity contribution in [2.45, 2.75) is 18.7 Å². The Labute approximate surface area is 123 Å². The molecule has 0 aliphatic heterocycles. The molecule has 2 aromatic carbocycles. The number of hydrogen-bond acceptors (Lipinski definition) is 3. The molecule has 0 spiro atoms. The van der Waals surface area contributed by atoms with Crippen LogP contribution in [-0.4, -0.2) is 15.5 Å². The Morgan fingerprint density at radius 3 is 2.38 bits per heavy atom. The number of rotatable bonds is 4. The summed E-state index contributed by atoms with van der Waals surface area (Å²) in [5, 5.41) is 0. The molecule has 2 rings (SSSR count). The van der Waals surface area contributed by atoms with Crippen LogP contribution >= 0.6 is 0 Å². The maximum absolute atomic E-state index is 13.7. The summed E-state index contributed by atoms with van der Waals surface area (Å²) in [6.45, 7) is 3.60. The lowest BCUT2D eigenvalue weighted by atomic mass is 10.1. The number of ether oxygens (including phenoxy) is 1. The van der Waals surface area contributed by atoms with Crippen molar-refractivity contribution in [1.82, 2.24) is 0 Å². The van der Waals surface area contributed by atoms with E-state index >= 15 is 0 Å². The van der Waals surface area contributed by atoms with Crippen molar-refractivity contribution in [3.05, 3.63) is 53.3 Å². The lowest BCUT2D eigenvalue weighted by molar-refractivity contribution is 0.409. The molecule has 0 amide bonds. The number of nitrogens with one attached hydrogen (secondary N) is 1. The van der Waals surface area contributed by atoms with Gasteiger partial charge in [-0.25, -0.2) is 12.8 Å². The summed E-state index contributed by atoms with van der Waals surface area (Å²) in [4.78, 5) is -0.385. The second kappa shape index (κ2) is 5.73. The Kier molecular flexibility index (Phi) is 4.18. The highest BCUT2D eigenvalue weighted by molar-refractivity contribution is 7.92. The third-order valence-corrected chi connectivity index (χ3v) is 4.58. The molecular formula is C15H16FNO3S. The minimum atomic E-state index is -3.98. The van der Waals surface area contributed by atoms with Gasteiger partial charge in [0.15, 0.2) is 0 Å². The first kappa shape index (κ1) is 15.3. The summed E-state index contributed by atoms with van der Waals surface area (Å²) in [6, 6.07) is 8.61. The van der Waals surface area contributed by atoms with Gasteiger partial charge in [-0.15, -0.1) is 0 Å². The van der Waals surface area contributed by atoms with Gasteiger partial charge in [-0.2, -0.15) is 0 Å². The SMILES string of the molecule is COc1c(C)ccc(NS(=O)(=O)c2ccccc2F)c1C. The maximum Gasteiger partial charge on any atom is 0.264 e. The minimum Gasteiger partial charge on any atom is -0.496 e. The molecular weight excluding hydrogens is 293 g/mol. The summed E-state index contributed by atoms with van der Waals surface area (Å²) in [7, 11) is -2.47. The summed E-state index contributed by atoms with van der Waals surface area (Å²) in [5.41, 5.74) is 1.90. The molecule has 0 saturated heterocycles. The first-order valence-electron chi connectivity index (χ1n) is 6.28. The first-order chi connectivity index (χ1) is 9.86. The third-order valence-electron chi connectivity index (χ3n) is 3.18. The smallest absolute Gasteiger partial charge is 0.264 e. The van der Waals surface area contributed by atoms with Gasteiger partial charge in [-0.3, -0.25) is 4.72 Å². The van der Waals surface area contributed by atoms with Crippen LogP contribution in [0.25, 0.3) is 0 Å². The summed E-state index contributed by atoms with van der Waals surface area (Å²) in [6.07, 6.45) is 0. The van der Waals surface area contributed by atoms with Crippen LogP contribution in [0.5, 0.6) is 5.75 Å². The quantitative estimate of drug-likeness (QED) is 0.943. The molecule has 0 aliphatic rings. The van der Waals surface area contributed by atoms with E-state index in [1.54, 1.807) is 19.1 Å². The lowest BCUT2D eigenvalue weighted by Crippen LogP contribution is -2.15. The van der Waals surface area contributed by atoms with E-state index in [-0.39, 0.29) is 4.90 Å². The van der Waals surface area contributed by atoms with Gasteiger partial charge in [0.2, 0.25) is 0 Å². The van der Waals surface area contributed by atoms with Gasteiger partial charge in [0.25, 0.3) is 10.0 Å². The maximum atomic E-state index is 13.7. The Balaban J connectivity index is 2.45. The Bertz CT molecular complexity index is 772. The lowest BCUT2D eigenvalue weighted by Gasteiger charge is -2.15. The van der Waals surface area contributed by atoms with Gasteiger partial charge in [0.1, 0.15) is 16.5 Å². The van der Waals surface area contributed by atoms with Crippen molar-refractivity contribution in [3.8, 4) is 5.75 Å². The fourth-order valence-electron chi connectivity index (χ4n) is 2.11. The zero-order chi connectivity index (χ0) is 15.6. The van der Waals surface area contributed by atoms with Crippen molar-refractivity contribution < 1.29 is 17.5 Å². The Morgan fingerprint density at radius 1 is 1.10 bits per heavy atom. The average molecular weight is 309 g/mol. The molecule has 0 fully saturated rings. The van der Waals surface area contributed by atoms with Crippen molar-refractivity contribution in [2.24, 2.45) is 0 Å². The largest absolute Gasteiger partial charge is 0.496 e. The number of aryl methyl sites for hydroxylation is 1. The monoisotopic (exact) mass is 309 g/mol. The van der Waals surface area contributed by atoms with Crippen LogP contribution in [0.2, 0.25) is 0 Å². The highest BCUT2D eigenvalue weighted by atomic mass is 32.2. The molecule has 0 unspecified atom stereocenters. The van der Waals surface area contributed by atoms with E-state index in [2.05, 4.69) is 4.72 Å². The zero-order valence-electron chi connectivity index (χ0n) is 12.0. The van der Waals surface area contributed by atoms with E-state index in [4.69, 9.17) is 4.74 Å². The van der Waals surface area contributed by atoms with Crippen molar-refractivity contribution in [3.63, 3.8) is 0 Å². The molecule has 21 heavy (non-hydrogen) atoms. The first-order valence-corrected chi connectivity index (χ1v) is 7.76. The second-order valence-corrected chi connectivity index (χ2v) is 6.28. The number of benzene rings is 2. The molecule has 0 heterocycles. The van der Waals surface area contributed by atoms with E-state index in [0.29, 0.717) is 17.0 Å². The summed E-state index contributed by atoms with van der Waals surface area (Å²) < 4.78 is 45.8. The highest BCUT2D eigenvalue weighted by Gasteiger charge is 2.20. The molecule has 4 nitrogen and oxygen atoms in total. The Hall–Kier alpha value is -2.08. The molecule has 0 bridgehead atoms. The molecule has 0 radical (unpaired) electrons. The van der Waals surface area contributed by atoms with Crippen LogP contribution in [0, 0.1) is 19.7 Å². The van der Waals surface area contributed by atoms with E-state index in [1.807, 2.05) is 6.92 Å². The number of anilines is 1. The summed E-state index contributed by atoms with van der Waals surface area (Å²) >= 11 is 0. The van der Waals surface area contributed by atoms with E-state index in [1.165, 1.54) is 25.3 Å². The fourth-order valence-corrected chi connectivity index (χ4v) is 3.32. The van der Waals surface area contributed by atoms with E-state index in [0.717, 1.165) is 11.6 Å². The highest BCUT2D eigenvalue weighted by Crippen LogP contribution is 2.30. The van der Waals surface area contributed by atoms with Crippen LogP contribution in [0.1, 0.15) is 11.1 Å². The predicted molar refractivity (Wildman–Crippen MR) is 79.7 cm³/mol. The topological polar surface area (TPSA) is 55.4 Å². The van der Waals surface area contributed by atoms with Crippen LogP contribution < -0.4 is 9.46 Å². The third kappa shape index (κ3) is 3.00. The molecule has 0 atom stereocenters. The number of methoxy groups -OCH3 is 1. The van der Waals surface area contributed by atoms with E-state index in [9.17, 15) is 12.8 Å². The molecule has 112 valence electrons. The minimum absolute atomic E-state index is 0.362. The van der Waals surface area contributed by atoms with Gasteiger partial charge >= 0.3 is 0 Å². The second-order valence-electron chi connectivity index (χ2n) is 4.62. The van der Waals surface area contributed by atoms with Crippen molar-refractivity contribution in [2.75, 3.05) is 11.8 Å². The van der Waals surface area contributed by atoms with Crippen molar-refractivity contribution in [1.29, 1.82) is 0 Å². The number of halogens is 1. The van der Waals surface area contributed by atoms with Gasteiger partial charge in [0, 0.05) is 5.56 Å². The van der Waals surface area contributed by atoms with Crippen LogP contribution in [-0.2, 0) is 10.0 Å². The summed E-state index contributed by atoms with van der Waals surface area (Å²) in [5.74, 6) is -0.189. The Morgan fingerprint density at radius 2 is 1.76 bits per heavy atom. The van der Waals surface area contributed by atoms with E-state index < -0.39 is 15.8 Å². The van der Waals surface area contributed by atoms with Gasteiger partial charge in [0.05, 0.1) is 12.8 Å². The van der Waals surface area contributed by atoms with Gasteiger partial charge < -0.3 is 4.74 Å². The number of hydrogen-bond donors (Lipinski definition) is 1. The van der Waals surface area contributed by atoms with Gasteiger partial charge in [-0.1, -0.05) is 18.2 Å². The van der Waals surface area contributed by atoms with Crippen molar-refractivity contribution >= 4 is 15.7 Å². The molecule has 0 saturated carbocycles. The molecule has 0 aliphatic carbocycles. The molecule has 1 N–H and O–H groups in total. The van der Waals surface area contributed by atoms with Crippen LogP contribution in [0.3, 0.4) is 0 Å². The zero-order valence-corrected chi connectivity index (χ0v) is 12.8. The van der Waals surface area contributed by atoms with Crippen LogP contribution in [0.4, 0.5) is 10.1 Å². The molecule has 6 heteroatoms. The standard InChI is InChI=1S/C15H16FNO3S/c1-10-8-9-13(11(2)15(10)20-3)17-21(18,19)14-7-5-4-6-12(14)16/h4-9,17H,1-3H3. The number of sulfonamides is 1. The fraction of sp³-hybridized carbons (Fsp3) is 0.200. The van der Waals surface area contributed by atoms with Crippen LogP contribution in [0.15, 0.2) is 41.3 Å². The van der Waals surface area contributed by atoms with Gasteiger partial charge in [-0.05, 0) is 37.6 Å². The normalized spacial score (nSPS) is 11.2. The average Bonchev–Trinajstić information content (AvgIpc) is 2.43. The molecule has 2 aromatic rings. The molecule has 0 aromatic heterocycles. The predicted octanol–water partition coefficient (Wildman–Crippen LogP) is 3.25.